The Hall–Kier alpha value is -1.23. The fraction of sp³-hybridized carbons (Fsp3) is 0.400. The molecule has 0 saturated carbocycles. The van der Waals surface area contributed by atoms with E-state index in [2.05, 4.69) is 22.7 Å². The largest absolute Gasteiger partial charge is 0.361 e. The van der Waals surface area contributed by atoms with E-state index in [1.807, 2.05) is 38.9 Å². The number of hydrogen-bond donors (Lipinski definition) is 1. The number of aryl methyl sites for hydroxylation is 2. The van der Waals surface area contributed by atoms with Crippen molar-refractivity contribution < 1.29 is 0 Å². The van der Waals surface area contributed by atoms with Gasteiger partial charge in [0.25, 0.3) is 0 Å². The molecule has 2 heterocycles. The van der Waals surface area contributed by atoms with Crippen molar-refractivity contribution in [1.29, 1.82) is 0 Å². The SMILES string of the molecule is Cc1nc2c(C)cc(N(C)C)nn2c1S. The first-order valence-electron chi connectivity index (χ1n) is 4.74. The fourth-order valence-corrected chi connectivity index (χ4v) is 1.66. The average molecular weight is 222 g/mol. The second kappa shape index (κ2) is 3.41. The normalized spacial score (nSPS) is 11.0. The van der Waals surface area contributed by atoms with Crippen LogP contribution in [0.1, 0.15) is 11.3 Å². The second-order valence-electron chi connectivity index (χ2n) is 3.84. The number of aromatic nitrogens is 3. The maximum atomic E-state index is 4.46. The molecule has 0 aliphatic rings. The van der Waals surface area contributed by atoms with E-state index in [0.717, 1.165) is 27.7 Å². The summed E-state index contributed by atoms with van der Waals surface area (Å²) in [6.07, 6.45) is 0. The van der Waals surface area contributed by atoms with Crippen LogP contribution in [-0.2, 0) is 0 Å². The van der Waals surface area contributed by atoms with Crippen LogP contribution < -0.4 is 4.90 Å². The van der Waals surface area contributed by atoms with Crippen LogP contribution in [0, 0.1) is 13.8 Å². The van der Waals surface area contributed by atoms with Gasteiger partial charge in [-0.15, -0.1) is 17.7 Å². The molecule has 0 atom stereocenters. The third-order valence-corrected chi connectivity index (χ3v) is 2.87. The molecule has 0 unspecified atom stereocenters. The van der Waals surface area contributed by atoms with Crippen LogP contribution in [0.5, 0.6) is 0 Å². The summed E-state index contributed by atoms with van der Waals surface area (Å²) in [5, 5.41) is 5.26. The first-order valence-corrected chi connectivity index (χ1v) is 5.18. The zero-order valence-electron chi connectivity index (χ0n) is 9.31. The summed E-state index contributed by atoms with van der Waals surface area (Å²) in [6.45, 7) is 3.97. The summed E-state index contributed by atoms with van der Waals surface area (Å²) in [5.41, 5.74) is 2.89. The van der Waals surface area contributed by atoms with E-state index in [9.17, 15) is 0 Å². The van der Waals surface area contributed by atoms with Crippen LogP contribution in [0.15, 0.2) is 11.1 Å². The summed E-state index contributed by atoms with van der Waals surface area (Å²) < 4.78 is 1.78. The molecule has 2 aromatic heterocycles. The van der Waals surface area contributed by atoms with Gasteiger partial charge in [0.15, 0.2) is 5.65 Å². The lowest BCUT2D eigenvalue weighted by atomic mass is 10.3. The van der Waals surface area contributed by atoms with Crippen LogP contribution >= 0.6 is 12.6 Å². The topological polar surface area (TPSA) is 33.4 Å². The lowest BCUT2D eigenvalue weighted by Crippen LogP contribution is -2.13. The van der Waals surface area contributed by atoms with Crippen molar-refractivity contribution in [2.45, 2.75) is 18.9 Å². The van der Waals surface area contributed by atoms with Gasteiger partial charge < -0.3 is 4.90 Å². The highest BCUT2D eigenvalue weighted by Gasteiger charge is 2.10. The van der Waals surface area contributed by atoms with Gasteiger partial charge in [-0.3, -0.25) is 0 Å². The molecule has 0 radical (unpaired) electrons. The Morgan fingerprint density at radius 2 is 2.00 bits per heavy atom. The van der Waals surface area contributed by atoms with Gasteiger partial charge in [0.2, 0.25) is 0 Å². The summed E-state index contributed by atoms with van der Waals surface area (Å²) in [7, 11) is 3.94. The smallest absolute Gasteiger partial charge is 0.158 e. The molecular formula is C10H14N4S. The van der Waals surface area contributed by atoms with Crippen LogP contribution in [0.3, 0.4) is 0 Å². The Morgan fingerprint density at radius 1 is 1.33 bits per heavy atom. The minimum atomic E-state index is 0.803. The standard InChI is InChI=1S/C10H14N4S/c1-6-5-8(13(3)4)12-14-9(6)11-7(2)10(14)15/h5,15H,1-4H3. The molecule has 80 valence electrons. The summed E-state index contributed by atoms with van der Waals surface area (Å²) in [5.74, 6) is 0.910. The van der Waals surface area contributed by atoms with Gasteiger partial charge in [-0.05, 0) is 25.5 Å². The quantitative estimate of drug-likeness (QED) is 0.746. The van der Waals surface area contributed by atoms with Gasteiger partial charge in [-0.2, -0.15) is 0 Å². The maximum Gasteiger partial charge on any atom is 0.158 e. The maximum absolute atomic E-state index is 4.46. The molecule has 0 aromatic carbocycles. The number of thiol groups is 1. The molecule has 0 bridgehead atoms. The molecule has 0 N–H and O–H groups in total. The lowest BCUT2D eigenvalue weighted by molar-refractivity contribution is 0.829. The number of nitrogens with zero attached hydrogens (tertiary/aromatic N) is 4. The summed E-state index contributed by atoms with van der Waals surface area (Å²) in [4.78, 5) is 6.39. The minimum Gasteiger partial charge on any atom is -0.361 e. The van der Waals surface area contributed by atoms with Gasteiger partial charge in [0.05, 0.1) is 5.69 Å². The highest BCUT2D eigenvalue weighted by Crippen LogP contribution is 2.20. The van der Waals surface area contributed by atoms with Crippen LogP contribution in [0.25, 0.3) is 5.65 Å². The second-order valence-corrected chi connectivity index (χ2v) is 4.26. The number of rotatable bonds is 1. The molecule has 0 spiro atoms. The van der Waals surface area contributed by atoms with Crippen molar-refractivity contribution >= 4 is 24.1 Å². The number of hydrogen-bond acceptors (Lipinski definition) is 4. The molecule has 0 aliphatic carbocycles. The van der Waals surface area contributed by atoms with E-state index in [-0.39, 0.29) is 0 Å². The van der Waals surface area contributed by atoms with E-state index in [4.69, 9.17) is 0 Å². The molecular weight excluding hydrogens is 208 g/mol. The van der Waals surface area contributed by atoms with Crippen molar-refractivity contribution in [3.63, 3.8) is 0 Å². The van der Waals surface area contributed by atoms with Crippen molar-refractivity contribution in [1.82, 2.24) is 14.6 Å². The number of imidazole rings is 1. The van der Waals surface area contributed by atoms with Gasteiger partial charge in [-0.1, -0.05) is 0 Å². The van der Waals surface area contributed by atoms with Gasteiger partial charge in [0, 0.05) is 14.1 Å². The molecule has 0 amide bonds. The third-order valence-electron chi connectivity index (χ3n) is 2.36. The summed E-state index contributed by atoms with van der Waals surface area (Å²) in [6, 6.07) is 2.02. The van der Waals surface area contributed by atoms with E-state index in [1.165, 1.54) is 0 Å². The zero-order valence-corrected chi connectivity index (χ0v) is 10.2. The Balaban J connectivity index is 2.79. The average Bonchev–Trinajstić information content (AvgIpc) is 2.45. The van der Waals surface area contributed by atoms with Gasteiger partial charge >= 0.3 is 0 Å². The highest BCUT2D eigenvalue weighted by molar-refractivity contribution is 7.80. The van der Waals surface area contributed by atoms with Crippen molar-refractivity contribution in [2.24, 2.45) is 0 Å². The molecule has 2 aromatic rings. The molecule has 0 aliphatic heterocycles. The lowest BCUT2D eigenvalue weighted by Gasteiger charge is -2.12. The number of anilines is 1. The monoisotopic (exact) mass is 222 g/mol. The van der Waals surface area contributed by atoms with Gasteiger partial charge in [-0.25, -0.2) is 9.50 Å². The predicted octanol–water partition coefficient (Wildman–Crippen LogP) is 1.70. The first-order chi connectivity index (χ1) is 7.00. The highest BCUT2D eigenvalue weighted by atomic mass is 32.1. The van der Waals surface area contributed by atoms with Gasteiger partial charge in [0.1, 0.15) is 10.8 Å². The Morgan fingerprint density at radius 3 is 2.60 bits per heavy atom. The zero-order chi connectivity index (χ0) is 11.2. The minimum absolute atomic E-state index is 0.803. The molecule has 4 nitrogen and oxygen atoms in total. The van der Waals surface area contributed by atoms with Crippen LogP contribution in [-0.4, -0.2) is 28.7 Å². The van der Waals surface area contributed by atoms with E-state index in [1.54, 1.807) is 4.52 Å². The van der Waals surface area contributed by atoms with Crippen LogP contribution in [0.4, 0.5) is 5.82 Å². The fourth-order valence-electron chi connectivity index (χ4n) is 1.47. The molecule has 0 saturated heterocycles. The first kappa shape index (κ1) is 10.3. The van der Waals surface area contributed by atoms with E-state index >= 15 is 0 Å². The van der Waals surface area contributed by atoms with Crippen molar-refractivity contribution in [3.8, 4) is 0 Å². The predicted molar refractivity (Wildman–Crippen MR) is 64.0 cm³/mol. The molecule has 15 heavy (non-hydrogen) atoms. The van der Waals surface area contributed by atoms with Crippen molar-refractivity contribution in [2.75, 3.05) is 19.0 Å². The molecule has 2 rings (SSSR count). The Labute approximate surface area is 94.3 Å². The Bertz CT molecular complexity index is 516. The number of fused-ring (bicyclic) bond motifs is 1. The molecule has 0 fully saturated rings. The van der Waals surface area contributed by atoms with Crippen molar-refractivity contribution in [3.05, 3.63) is 17.3 Å². The van der Waals surface area contributed by atoms with E-state index in [0.29, 0.717) is 0 Å². The molecule has 5 heteroatoms. The van der Waals surface area contributed by atoms with Crippen LogP contribution in [0.2, 0.25) is 0 Å². The third kappa shape index (κ3) is 1.56. The van der Waals surface area contributed by atoms with E-state index < -0.39 is 0 Å². The Kier molecular flexibility index (Phi) is 2.34. The summed E-state index contributed by atoms with van der Waals surface area (Å²) >= 11 is 4.40.